The molecule has 3 N–H and O–H groups in total. The third-order valence-corrected chi connectivity index (χ3v) is 2.11. The number of rotatable bonds is 5. The van der Waals surface area contributed by atoms with Crippen molar-refractivity contribution in [1.82, 2.24) is 0 Å². The zero-order chi connectivity index (χ0) is 12.1. The average Bonchev–Trinajstić information content (AvgIpc) is 2.25. The average molecular weight is 231 g/mol. The van der Waals surface area contributed by atoms with Crippen LogP contribution in [0.2, 0.25) is 0 Å². The van der Waals surface area contributed by atoms with Crippen molar-refractivity contribution < 1.29 is 19.4 Å². The number of carboxylic acids is 1. The van der Waals surface area contributed by atoms with E-state index in [0.717, 1.165) is 0 Å². The number of nitrogens with two attached hydrogens (primary N) is 1. The van der Waals surface area contributed by atoms with E-state index in [2.05, 4.69) is 0 Å². The molecule has 1 unspecified atom stereocenters. The molecule has 0 spiro atoms. The Morgan fingerprint density at radius 1 is 1.59 bits per heavy atom. The number of carboxylic acid groups (broad SMARTS) is 1. The van der Waals surface area contributed by atoms with Crippen LogP contribution in [-0.4, -0.2) is 42.3 Å². The van der Waals surface area contributed by atoms with Gasteiger partial charge in [0.1, 0.15) is 5.75 Å². The fourth-order valence-corrected chi connectivity index (χ4v) is 1.21. The Bertz CT molecular complexity index is 408. The van der Waals surface area contributed by atoms with Gasteiger partial charge >= 0.3 is 24.8 Å². The summed E-state index contributed by atoms with van der Waals surface area (Å²) in [4.78, 5) is 21.2. The van der Waals surface area contributed by atoms with Crippen molar-refractivity contribution >= 4 is 36.8 Å². The predicted octanol–water partition coefficient (Wildman–Crippen LogP) is 0.675. The van der Waals surface area contributed by atoms with Crippen LogP contribution in [-0.2, 0) is 4.79 Å². The molecule has 88 valence electrons. The van der Waals surface area contributed by atoms with Gasteiger partial charge in [0.25, 0.3) is 0 Å². The van der Waals surface area contributed by atoms with Crippen molar-refractivity contribution in [3.05, 3.63) is 23.8 Å². The number of nitrogen functional groups attached to an aromatic ring is 1. The van der Waals surface area contributed by atoms with Gasteiger partial charge < -0.3 is 15.6 Å². The van der Waals surface area contributed by atoms with Gasteiger partial charge in [-0.1, -0.05) is 6.92 Å². The number of carbonyl (C=O) groups is 2. The first-order valence-corrected chi connectivity index (χ1v) is 4.82. The van der Waals surface area contributed by atoms with Crippen LogP contribution in [0.1, 0.15) is 23.7 Å². The summed E-state index contributed by atoms with van der Waals surface area (Å²) in [6.45, 7) is 1.71. The molecule has 0 fully saturated rings. The fourth-order valence-electron chi connectivity index (χ4n) is 1.21. The van der Waals surface area contributed by atoms with Gasteiger partial charge in [0.05, 0.1) is 0 Å². The van der Waals surface area contributed by atoms with Crippen LogP contribution in [0.3, 0.4) is 0 Å². The Labute approximate surface area is 111 Å². The third kappa shape index (κ3) is 4.14. The normalized spacial score (nSPS) is 11.1. The van der Waals surface area contributed by atoms with Crippen LogP contribution < -0.4 is 10.5 Å². The monoisotopic (exact) mass is 231 g/mol. The van der Waals surface area contributed by atoms with Crippen molar-refractivity contribution in [3.8, 4) is 5.75 Å². The predicted molar refractivity (Wildman–Crippen MR) is 65.7 cm³/mol. The Morgan fingerprint density at radius 3 is 2.65 bits per heavy atom. The number of hydrogen-bond acceptors (Lipinski definition) is 4. The number of hydrogen-bond donors (Lipinski definition) is 2. The van der Waals surface area contributed by atoms with Gasteiger partial charge in [0.2, 0.25) is 0 Å². The van der Waals surface area contributed by atoms with E-state index in [0.29, 0.717) is 24.0 Å². The molecule has 0 saturated carbocycles. The molecule has 0 bridgehead atoms. The molecule has 0 radical (unpaired) electrons. The van der Waals surface area contributed by atoms with Crippen LogP contribution in [0.25, 0.3) is 0 Å². The van der Waals surface area contributed by atoms with Gasteiger partial charge in [0, 0.05) is 17.3 Å². The SMILES string of the molecule is CCC(Oc1ccc(C=O)c(N)c1)C(=O)O.[LiH]. The number of benzene rings is 1. The van der Waals surface area contributed by atoms with Gasteiger partial charge in [-0.15, -0.1) is 0 Å². The molecule has 0 aliphatic carbocycles. The summed E-state index contributed by atoms with van der Waals surface area (Å²) in [5.41, 5.74) is 6.19. The van der Waals surface area contributed by atoms with Crippen LogP contribution in [0.4, 0.5) is 5.69 Å². The van der Waals surface area contributed by atoms with Crippen molar-refractivity contribution in [2.75, 3.05) is 5.73 Å². The number of ether oxygens (including phenoxy) is 1. The number of aliphatic carboxylic acids is 1. The molecular formula is C11H14LiNO4. The summed E-state index contributed by atoms with van der Waals surface area (Å²) in [5.74, 6) is -0.683. The van der Waals surface area contributed by atoms with Gasteiger partial charge in [-0.2, -0.15) is 0 Å². The molecule has 1 aromatic carbocycles. The molecule has 0 saturated heterocycles. The Hall–Kier alpha value is -1.44. The third-order valence-electron chi connectivity index (χ3n) is 2.11. The maximum absolute atomic E-state index is 10.7. The first-order chi connectivity index (χ1) is 7.58. The number of anilines is 1. The van der Waals surface area contributed by atoms with E-state index in [1.807, 2.05) is 0 Å². The van der Waals surface area contributed by atoms with E-state index in [-0.39, 0.29) is 24.5 Å². The fraction of sp³-hybridized carbons (Fsp3) is 0.273. The van der Waals surface area contributed by atoms with Gasteiger partial charge in [0.15, 0.2) is 12.4 Å². The van der Waals surface area contributed by atoms with Crippen molar-refractivity contribution in [2.45, 2.75) is 19.4 Å². The van der Waals surface area contributed by atoms with Gasteiger partial charge in [-0.25, -0.2) is 4.79 Å². The van der Waals surface area contributed by atoms with Crippen molar-refractivity contribution in [3.63, 3.8) is 0 Å². The van der Waals surface area contributed by atoms with Crippen molar-refractivity contribution in [2.24, 2.45) is 0 Å². The molecule has 17 heavy (non-hydrogen) atoms. The maximum atomic E-state index is 10.7. The number of carbonyl (C=O) groups excluding carboxylic acids is 1. The van der Waals surface area contributed by atoms with E-state index in [4.69, 9.17) is 15.6 Å². The molecular weight excluding hydrogens is 217 g/mol. The Balaban J connectivity index is 0.00000256. The zero-order valence-electron chi connectivity index (χ0n) is 8.84. The molecule has 0 aliphatic rings. The Kier molecular flexibility index (Phi) is 6.40. The van der Waals surface area contributed by atoms with E-state index >= 15 is 0 Å². The van der Waals surface area contributed by atoms with E-state index in [1.165, 1.54) is 18.2 Å². The summed E-state index contributed by atoms with van der Waals surface area (Å²) < 4.78 is 5.21. The topological polar surface area (TPSA) is 89.6 Å². The first-order valence-electron chi connectivity index (χ1n) is 4.82. The molecule has 0 amide bonds. The molecule has 1 atom stereocenters. The van der Waals surface area contributed by atoms with E-state index < -0.39 is 12.1 Å². The summed E-state index contributed by atoms with van der Waals surface area (Å²) >= 11 is 0. The van der Waals surface area contributed by atoms with Gasteiger partial charge in [-0.05, 0) is 18.6 Å². The first kappa shape index (κ1) is 15.6. The molecule has 0 aliphatic heterocycles. The van der Waals surface area contributed by atoms with E-state index in [9.17, 15) is 9.59 Å². The molecule has 5 nitrogen and oxygen atoms in total. The Morgan fingerprint density at radius 2 is 2.24 bits per heavy atom. The molecule has 1 aromatic rings. The minimum absolute atomic E-state index is 0. The zero-order valence-corrected chi connectivity index (χ0v) is 8.84. The molecule has 0 aromatic heterocycles. The van der Waals surface area contributed by atoms with Crippen molar-refractivity contribution in [1.29, 1.82) is 0 Å². The molecule has 1 rings (SSSR count). The second-order valence-corrected chi connectivity index (χ2v) is 3.26. The second-order valence-electron chi connectivity index (χ2n) is 3.26. The summed E-state index contributed by atoms with van der Waals surface area (Å²) in [6, 6.07) is 4.45. The summed E-state index contributed by atoms with van der Waals surface area (Å²) in [6.07, 6.45) is 0.0830. The molecule has 6 heteroatoms. The van der Waals surface area contributed by atoms with E-state index in [1.54, 1.807) is 6.92 Å². The quantitative estimate of drug-likeness (QED) is 0.441. The van der Waals surface area contributed by atoms with Crippen LogP contribution in [0, 0.1) is 0 Å². The second kappa shape index (κ2) is 7.00. The number of aldehydes is 1. The van der Waals surface area contributed by atoms with Crippen LogP contribution in [0.5, 0.6) is 5.75 Å². The summed E-state index contributed by atoms with van der Waals surface area (Å²) in [7, 11) is 0. The van der Waals surface area contributed by atoms with Crippen LogP contribution >= 0.6 is 0 Å². The summed E-state index contributed by atoms with van der Waals surface area (Å²) in [5, 5.41) is 8.79. The molecule has 0 heterocycles. The van der Waals surface area contributed by atoms with Crippen LogP contribution in [0.15, 0.2) is 18.2 Å². The minimum atomic E-state index is -1.03. The van der Waals surface area contributed by atoms with Gasteiger partial charge in [-0.3, -0.25) is 4.79 Å². The standard InChI is InChI=1S/C11H13NO4.Li.H/c1-2-10(11(14)15)16-8-4-3-7(6-13)9(12)5-8;;/h3-6,10H,2,12H2,1H3,(H,14,15);;.